The number of hydrogen-bond donors (Lipinski definition) is 2. The summed E-state index contributed by atoms with van der Waals surface area (Å²) in [4.78, 5) is 47.7. The molecule has 0 aliphatic carbocycles. The van der Waals surface area contributed by atoms with Crippen molar-refractivity contribution in [3.05, 3.63) is 52.2 Å². The molecule has 8 nitrogen and oxygen atoms in total. The Balaban J connectivity index is 1.56. The van der Waals surface area contributed by atoms with Gasteiger partial charge in [0.15, 0.2) is 5.78 Å². The average Bonchev–Trinajstić information content (AvgIpc) is 3.27. The number of carbonyl (C=O) groups excluding carboxylic acids is 4. The first-order valence-corrected chi connectivity index (χ1v) is 10.2. The molecule has 2 amide bonds. The molecule has 0 aliphatic heterocycles. The van der Waals surface area contributed by atoms with Gasteiger partial charge in [0.1, 0.15) is 12.7 Å². The summed E-state index contributed by atoms with van der Waals surface area (Å²) in [6.45, 7) is -0.0186. The van der Waals surface area contributed by atoms with Crippen molar-refractivity contribution in [3.63, 3.8) is 0 Å². The van der Waals surface area contributed by atoms with E-state index in [1.807, 2.05) is 6.07 Å². The van der Waals surface area contributed by atoms with Crippen LogP contribution in [0.1, 0.15) is 40.9 Å². The number of nitrogens with zero attached hydrogens (tertiary/aromatic N) is 1. The van der Waals surface area contributed by atoms with Gasteiger partial charge in [-0.15, -0.1) is 11.3 Å². The van der Waals surface area contributed by atoms with E-state index < -0.39 is 5.97 Å². The van der Waals surface area contributed by atoms with Gasteiger partial charge in [0, 0.05) is 19.4 Å². The van der Waals surface area contributed by atoms with Crippen LogP contribution in [0.5, 0.6) is 0 Å². The van der Waals surface area contributed by atoms with Crippen molar-refractivity contribution >= 4 is 40.6 Å². The number of carbonyl (C=O) groups is 4. The summed E-state index contributed by atoms with van der Waals surface area (Å²) >= 11 is 1.33. The first-order chi connectivity index (χ1) is 14.5. The Morgan fingerprint density at radius 3 is 2.50 bits per heavy atom. The molecule has 0 unspecified atom stereocenters. The topological polar surface area (TPSA) is 125 Å². The van der Waals surface area contributed by atoms with E-state index in [0.29, 0.717) is 16.1 Å². The molecule has 0 atom stereocenters. The molecule has 0 aliphatic rings. The molecule has 2 aromatic rings. The fraction of sp³-hybridized carbons (Fsp3) is 0.286. The minimum atomic E-state index is -0.546. The third-order valence-corrected chi connectivity index (χ3v) is 4.85. The van der Waals surface area contributed by atoms with Crippen LogP contribution in [0.3, 0.4) is 0 Å². The molecule has 1 aromatic heterocycles. The number of para-hydroxylation sites is 1. The fourth-order valence-electron chi connectivity index (χ4n) is 2.41. The van der Waals surface area contributed by atoms with Crippen LogP contribution >= 0.6 is 11.3 Å². The van der Waals surface area contributed by atoms with Crippen molar-refractivity contribution in [2.24, 2.45) is 0 Å². The van der Waals surface area contributed by atoms with E-state index in [1.54, 1.807) is 41.8 Å². The minimum Gasteiger partial charge on any atom is -0.465 e. The van der Waals surface area contributed by atoms with Gasteiger partial charge in [-0.25, -0.2) is 0 Å². The molecular weight excluding hydrogens is 406 g/mol. The van der Waals surface area contributed by atoms with E-state index in [0.717, 1.165) is 0 Å². The van der Waals surface area contributed by atoms with Gasteiger partial charge >= 0.3 is 5.97 Å². The highest BCUT2D eigenvalue weighted by Crippen LogP contribution is 2.14. The average molecular weight is 427 g/mol. The second kappa shape index (κ2) is 12.1. The van der Waals surface area contributed by atoms with Crippen LogP contribution < -0.4 is 10.6 Å². The quantitative estimate of drug-likeness (QED) is 0.419. The van der Waals surface area contributed by atoms with Gasteiger partial charge in [-0.2, -0.15) is 5.26 Å². The first kappa shape index (κ1) is 22.8. The standard InChI is InChI=1S/C21H21N3O5S/c22-14-15-4-1-2-5-16(15)24-20(27)10-12-29-21(28)9-11-23-19(26)8-7-17(25)18-6-3-13-30-18/h1-6,13H,7-12H2,(H,23,26)(H,24,27). The van der Waals surface area contributed by atoms with E-state index in [2.05, 4.69) is 10.6 Å². The summed E-state index contributed by atoms with van der Waals surface area (Å²) in [7, 11) is 0. The Hall–Kier alpha value is -3.51. The number of ketones is 1. The van der Waals surface area contributed by atoms with E-state index in [-0.39, 0.29) is 56.4 Å². The van der Waals surface area contributed by atoms with E-state index in [1.165, 1.54) is 11.3 Å². The zero-order valence-electron chi connectivity index (χ0n) is 16.2. The molecule has 0 saturated heterocycles. The third kappa shape index (κ3) is 7.85. The van der Waals surface area contributed by atoms with Crippen LogP contribution in [0.25, 0.3) is 0 Å². The molecule has 0 radical (unpaired) electrons. The maximum absolute atomic E-state index is 11.9. The molecule has 2 rings (SSSR count). The molecule has 156 valence electrons. The SMILES string of the molecule is N#Cc1ccccc1NC(=O)CCOC(=O)CCNC(=O)CCC(=O)c1cccs1. The minimum absolute atomic E-state index is 0.0382. The lowest BCUT2D eigenvalue weighted by atomic mass is 10.2. The lowest BCUT2D eigenvalue weighted by molar-refractivity contribution is -0.144. The second-order valence-corrected chi connectivity index (χ2v) is 7.12. The molecule has 30 heavy (non-hydrogen) atoms. The number of benzene rings is 1. The van der Waals surface area contributed by atoms with Gasteiger partial charge in [0.05, 0.1) is 29.0 Å². The summed E-state index contributed by atoms with van der Waals surface area (Å²) in [5.41, 5.74) is 0.743. The molecule has 1 aromatic carbocycles. The zero-order chi connectivity index (χ0) is 21.8. The molecular formula is C21H21N3O5S. The summed E-state index contributed by atoms with van der Waals surface area (Å²) in [6.07, 6.45) is 0.0726. The Labute approximate surface area is 177 Å². The van der Waals surface area contributed by atoms with Crippen LogP contribution in [0.4, 0.5) is 5.69 Å². The van der Waals surface area contributed by atoms with Gasteiger partial charge in [-0.1, -0.05) is 18.2 Å². The van der Waals surface area contributed by atoms with Gasteiger partial charge in [0.25, 0.3) is 0 Å². The smallest absolute Gasteiger partial charge is 0.307 e. The number of thiophene rings is 1. The molecule has 2 N–H and O–H groups in total. The third-order valence-electron chi connectivity index (χ3n) is 3.94. The lowest BCUT2D eigenvalue weighted by Gasteiger charge is -2.08. The monoisotopic (exact) mass is 427 g/mol. The van der Waals surface area contributed by atoms with Crippen molar-refractivity contribution in [1.82, 2.24) is 5.32 Å². The zero-order valence-corrected chi connectivity index (χ0v) is 17.0. The van der Waals surface area contributed by atoms with Crippen LogP contribution in [0.2, 0.25) is 0 Å². The number of nitrogens with one attached hydrogen (secondary N) is 2. The molecule has 1 heterocycles. The van der Waals surface area contributed by atoms with Crippen LogP contribution in [0, 0.1) is 11.3 Å². The highest BCUT2D eigenvalue weighted by atomic mass is 32.1. The summed E-state index contributed by atoms with van der Waals surface area (Å²) < 4.78 is 4.97. The molecule has 0 fully saturated rings. The molecule has 0 bridgehead atoms. The number of rotatable bonds is 11. The molecule has 0 saturated carbocycles. The Morgan fingerprint density at radius 1 is 0.967 bits per heavy atom. The number of nitriles is 1. The van der Waals surface area contributed by atoms with E-state index in [4.69, 9.17) is 10.00 Å². The lowest BCUT2D eigenvalue weighted by Crippen LogP contribution is -2.27. The second-order valence-electron chi connectivity index (χ2n) is 6.18. The number of Topliss-reactive ketones (excluding diaryl/α,β-unsaturated/α-hetero) is 1. The van der Waals surface area contributed by atoms with Gasteiger partial charge in [0.2, 0.25) is 11.8 Å². The van der Waals surface area contributed by atoms with Crippen molar-refractivity contribution < 1.29 is 23.9 Å². The van der Waals surface area contributed by atoms with Gasteiger partial charge < -0.3 is 15.4 Å². The van der Waals surface area contributed by atoms with E-state index in [9.17, 15) is 19.2 Å². The Morgan fingerprint density at radius 2 is 1.77 bits per heavy atom. The van der Waals surface area contributed by atoms with Gasteiger partial charge in [-0.3, -0.25) is 19.2 Å². The van der Waals surface area contributed by atoms with Crippen LogP contribution in [0.15, 0.2) is 41.8 Å². The summed E-state index contributed by atoms with van der Waals surface area (Å²) in [6, 6.07) is 12.0. The van der Waals surface area contributed by atoms with Crippen molar-refractivity contribution in [2.45, 2.75) is 25.7 Å². The maximum Gasteiger partial charge on any atom is 0.307 e. The maximum atomic E-state index is 11.9. The number of hydrogen-bond acceptors (Lipinski definition) is 7. The Bertz CT molecular complexity index is 934. The predicted octanol–water partition coefficient (Wildman–Crippen LogP) is 2.66. The van der Waals surface area contributed by atoms with Crippen molar-refractivity contribution in [1.29, 1.82) is 5.26 Å². The largest absolute Gasteiger partial charge is 0.465 e. The van der Waals surface area contributed by atoms with Gasteiger partial charge in [-0.05, 0) is 23.6 Å². The first-order valence-electron chi connectivity index (χ1n) is 9.27. The highest BCUT2D eigenvalue weighted by Gasteiger charge is 2.11. The fourth-order valence-corrected chi connectivity index (χ4v) is 3.11. The predicted molar refractivity (Wildman–Crippen MR) is 111 cm³/mol. The van der Waals surface area contributed by atoms with Crippen molar-refractivity contribution in [3.8, 4) is 6.07 Å². The molecule has 0 spiro atoms. The normalized spacial score (nSPS) is 9.97. The summed E-state index contributed by atoms with van der Waals surface area (Å²) in [5, 5.41) is 15.9. The number of anilines is 1. The van der Waals surface area contributed by atoms with Crippen molar-refractivity contribution in [2.75, 3.05) is 18.5 Å². The molecule has 9 heteroatoms. The van der Waals surface area contributed by atoms with E-state index >= 15 is 0 Å². The summed E-state index contributed by atoms with van der Waals surface area (Å²) in [5.74, 6) is -1.33. The highest BCUT2D eigenvalue weighted by molar-refractivity contribution is 7.12. The number of esters is 1. The number of ether oxygens (including phenoxy) is 1. The van der Waals surface area contributed by atoms with Crippen LogP contribution in [-0.4, -0.2) is 36.7 Å². The van der Waals surface area contributed by atoms with Crippen LogP contribution in [-0.2, 0) is 19.1 Å². The Kier molecular flexibility index (Phi) is 9.21. The number of amides is 2.